The predicted molar refractivity (Wildman–Crippen MR) is 94.6 cm³/mol. The molecule has 0 aliphatic carbocycles. The molecule has 126 valence electrons. The molecule has 0 unspecified atom stereocenters. The van der Waals surface area contributed by atoms with E-state index < -0.39 is 5.97 Å². The first-order valence-electron chi connectivity index (χ1n) is 7.86. The highest BCUT2D eigenvalue weighted by atomic mass is 32.1. The molecule has 0 saturated carbocycles. The first-order valence-corrected chi connectivity index (χ1v) is 8.68. The predicted octanol–water partition coefficient (Wildman–Crippen LogP) is 3.79. The number of fused-ring (bicyclic) bond motifs is 2. The van der Waals surface area contributed by atoms with Crippen LogP contribution in [0.3, 0.4) is 0 Å². The third-order valence-corrected chi connectivity index (χ3v) is 5.29. The molecule has 1 aromatic heterocycles. The van der Waals surface area contributed by atoms with E-state index in [-0.39, 0.29) is 18.3 Å². The normalized spacial score (nSPS) is 13.1. The molecule has 2 aromatic carbocycles. The molecule has 0 N–H and O–H groups in total. The van der Waals surface area contributed by atoms with Crippen molar-refractivity contribution in [2.75, 3.05) is 18.1 Å². The van der Waals surface area contributed by atoms with Gasteiger partial charge < -0.3 is 9.64 Å². The van der Waals surface area contributed by atoms with Gasteiger partial charge >= 0.3 is 5.97 Å². The van der Waals surface area contributed by atoms with Gasteiger partial charge in [-0.3, -0.25) is 4.79 Å². The van der Waals surface area contributed by atoms with Crippen LogP contribution in [0, 0.1) is 5.82 Å². The summed E-state index contributed by atoms with van der Waals surface area (Å²) in [6.45, 7) is 0.285. The van der Waals surface area contributed by atoms with Gasteiger partial charge in [-0.1, -0.05) is 18.2 Å². The van der Waals surface area contributed by atoms with E-state index in [9.17, 15) is 14.0 Å². The minimum Gasteiger partial charge on any atom is -0.451 e. The SMILES string of the molecule is O=C(OCC(=O)N1CCc2ccccc21)c1cc2cc(F)ccc2s1. The van der Waals surface area contributed by atoms with Crippen LogP contribution < -0.4 is 4.90 Å². The fourth-order valence-electron chi connectivity index (χ4n) is 2.99. The van der Waals surface area contributed by atoms with Gasteiger partial charge in [0.1, 0.15) is 10.7 Å². The Hall–Kier alpha value is -2.73. The summed E-state index contributed by atoms with van der Waals surface area (Å²) in [6.07, 6.45) is 0.803. The zero-order valence-electron chi connectivity index (χ0n) is 13.2. The summed E-state index contributed by atoms with van der Waals surface area (Å²) in [4.78, 5) is 26.5. The average Bonchev–Trinajstić information content (AvgIpc) is 3.23. The highest BCUT2D eigenvalue weighted by molar-refractivity contribution is 7.20. The zero-order valence-corrected chi connectivity index (χ0v) is 14.0. The minimum atomic E-state index is -0.567. The second kappa shape index (κ2) is 6.29. The monoisotopic (exact) mass is 355 g/mol. The molecule has 0 radical (unpaired) electrons. The Kier molecular flexibility index (Phi) is 3.97. The fraction of sp³-hybridized carbons (Fsp3) is 0.158. The Morgan fingerprint density at radius 2 is 2.00 bits per heavy atom. The van der Waals surface area contributed by atoms with Gasteiger partial charge in [0.25, 0.3) is 5.91 Å². The van der Waals surface area contributed by atoms with E-state index in [4.69, 9.17) is 4.74 Å². The first-order chi connectivity index (χ1) is 12.1. The van der Waals surface area contributed by atoms with E-state index in [2.05, 4.69) is 0 Å². The number of ether oxygens (including phenoxy) is 1. The molecule has 0 saturated heterocycles. The zero-order chi connectivity index (χ0) is 17.4. The Morgan fingerprint density at radius 1 is 1.16 bits per heavy atom. The topological polar surface area (TPSA) is 46.6 Å². The molecule has 0 atom stereocenters. The lowest BCUT2D eigenvalue weighted by Gasteiger charge is -2.16. The smallest absolute Gasteiger partial charge is 0.348 e. The van der Waals surface area contributed by atoms with Crippen LogP contribution in [0.2, 0.25) is 0 Å². The van der Waals surface area contributed by atoms with Crippen molar-refractivity contribution < 1.29 is 18.7 Å². The minimum absolute atomic E-state index is 0.245. The molecule has 2 heterocycles. The maximum atomic E-state index is 13.2. The van der Waals surface area contributed by atoms with E-state index in [0.29, 0.717) is 16.8 Å². The molecule has 4 nitrogen and oxygen atoms in total. The number of rotatable bonds is 3. The summed E-state index contributed by atoms with van der Waals surface area (Å²) in [6, 6.07) is 13.6. The molecule has 1 amide bonds. The number of hydrogen-bond donors (Lipinski definition) is 0. The molecule has 0 spiro atoms. The van der Waals surface area contributed by atoms with Crippen molar-refractivity contribution in [1.82, 2.24) is 0 Å². The number of carbonyl (C=O) groups is 2. The van der Waals surface area contributed by atoms with Crippen LogP contribution in [0.4, 0.5) is 10.1 Å². The number of esters is 1. The summed E-state index contributed by atoms with van der Waals surface area (Å²) < 4.78 is 19.2. The van der Waals surface area contributed by atoms with Crippen LogP contribution in [0.25, 0.3) is 10.1 Å². The van der Waals surface area contributed by atoms with Crippen LogP contribution in [0.15, 0.2) is 48.5 Å². The summed E-state index contributed by atoms with van der Waals surface area (Å²) in [5.74, 6) is -1.17. The largest absolute Gasteiger partial charge is 0.451 e. The van der Waals surface area contributed by atoms with Gasteiger partial charge in [0, 0.05) is 16.9 Å². The van der Waals surface area contributed by atoms with Gasteiger partial charge in [0.05, 0.1) is 0 Å². The Bertz CT molecular complexity index is 982. The summed E-state index contributed by atoms with van der Waals surface area (Å²) in [5.41, 5.74) is 1.99. The number of para-hydroxylation sites is 1. The fourth-order valence-corrected chi connectivity index (χ4v) is 3.93. The van der Waals surface area contributed by atoms with E-state index in [1.165, 1.54) is 23.5 Å². The van der Waals surface area contributed by atoms with Gasteiger partial charge in [-0.05, 0) is 47.7 Å². The van der Waals surface area contributed by atoms with Gasteiger partial charge in [0.15, 0.2) is 6.61 Å². The van der Waals surface area contributed by atoms with E-state index in [1.807, 2.05) is 24.3 Å². The van der Waals surface area contributed by atoms with Gasteiger partial charge in [-0.25, -0.2) is 9.18 Å². The number of hydrogen-bond acceptors (Lipinski definition) is 4. The van der Waals surface area contributed by atoms with Crippen LogP contribution >= 0.6 is 11.3 Å². The molecule has 3 aromatic rings. The van der Waals surface area contributed by atoms with Gasteiger partial charge in [0.2, 0.25) is 0 Å². The van der Waals surface area contributed by atoms with E-state index >= 15 is 0 Å². The third-order valence-electron chi connectivity index (χ3n) is 4.19. The number of thiophene rings is 1. The number of anilines is 1. The Morgan fingerprint density at radius 3 is 2.88 bits per heavy atom. The number of carbonyl (C=O) groups excluding carboxylic acids is 2. The maximum Gasteiger partial charge on any atom is 0.348 e. The third kappa shape index (κ3) is 3.00. The molecule has 25 heavy (non-hydrogen) atoms. The highest BCUT2D eigenvalue weighted by Gasteiger charge is 2.25. The Labute approximate surface area is 147 Å². The molecule has 0 bridgehead atoms. The van der Waals surface area contributed by atoms with Crippen molar-refractivity contribution in [3.63, 3.8) is 0 Å². The van der Waals surface area contributed by atoms with Crippen molar-refractivity contribution in [3.8, 4) is 0 Å². The second-order valence-corrected chi connectivity index (χ2v) is 6.88. The van der Waals surface area contributed by atoms with Crippen molar-refractivity contribution in [3.05, 3.63) is 64.8 Å². The second-order valence-electron chi connectivity index (χ2n) is 5.79. The molecule has 0 fully saturated rings. The number of nitrogens with zero attached hydrogens (tertiary/aromatic N) is 1. The summed E-state index contributed by atoms with van der Waals surface area (Å²) >= 11 is 1.22. The van der Waals surface area contributed by atoms with Gasteiger partial charge in [-0.15, -0.1) is 11.3 Å². The van der Waals surface area contributed by atoms with E-state index in [1.54, 1.807) is 17.0 Å². The number of amides is 1. The van der Waals surface area contributed by atoms with Crippen molar-refractivity contribution in [1.29, 1.82) is 0 Å². The Balaban J connectivity index is 1.44. The summed E-state index contributed by atoms with van der Waals surface area (Å²) in [7, 11) is 0. The van der Waals surface area contributed by atoms with Crippen molar-refractivity contribution in [2.24, 2.45) is 0 Å². The van der Waals surface area contributed by atoms with Crippen LogP contribution in [-0.4, -0.2) is 25.0 Å². The standard InChI is InChI=1S/C19H14FNO3S/c20-14-5-6-16-13(9-14)10-17(25-16)19(23)24-11-18(22)21-8-7-12-3-1-2-4-15(12)21/h1-6,9-10H,7-8,11H2. The van der Waals surface area contributed by atoms with Crippen LogP contribution in [-0.2, 0) is 16.0 Å². The number of halogens is 1. The maximum absolute atomic E-state index is 13.2. The molecule has 1 aliphatic heterocycles. The molecule has 4 rings (SSSR count). The number of benzene rings is 2. The molecule has 6 heteroatoms. The average molecular weight is 355 g/mol. The lowest BCUT2D eigenvalue weighted by atomic mass is 10.2. The highest BCUT2D eigenvalue weighted by Crippen LogP contribution is 2.28. The van der Waals surface area contributed by atoms with Crippen LogP contribution in [0.5, 0.6) is 0 Å². The quantitative estimate of drug-likeness (QED) is 0.672. The lowest BCUT2D eigenvalue weighted by Crippen LogP contribution is -2.33. The van der Waals surface area contributed by atoms with Crippen LogP contribution in [0.1, 0.15) is 15.2 Å². The first kappa shape index (κ1) is 15.8. The lowest BCUT2D eigenvalue weighted by molar-refractivity contribution is -0.121. The van der Waals surface area contributed by atoms with E-state index in [0.717, 1.165) is 22.4 Å². The van der Waals surface area contributed by atoms with Crippen molar-refractivity contribution in [2.45, 2.75) is 6.42 Å². The van der Waals surface area contributed by atoms with Crippen molar-refractivity contribution >= 4 is 39.0 Å². The molecular formula is C19H14FNO3S. The molecule has 1 aliphatic rings. The molecular weight excluding hydrogens is 341 g/mol. The van der Waals surface area contributed by atoms with Gasteiger partial charge in [-0.2, -0.15) is 0 Å². The summed E-state index contributed by atoms with van der Waals surface area (Å²) in [5, 5.41) is 0.650.